The van der Waals surface area contributed by atoms with Crippen LogP contribution in [0.25, 0.3) is 0 Å². The van der Waals surface area contributed by atoms with Gasteiger partial charge in [0, 0.05) is 30.2 Å². The van der Waals surface area contributed by atoms with E-state index >= 15 is 0 Å². The quantitative estimate of drug-likeness (QED) is 0.479. The Hall–Kier alpha value is -2.25. The lowest BCUT2D eigenvalue weighted by Gasteiger charge is -2.05. The van der Waals surface area contributed by atoms with Gasteiger partial charge in [0.2, 0.25) is 5.91 Å². The maximum Gasteiger partial charge on any atom is 0.274 e. The fourth-order valence-corrected chi connectivity index (χ4v) is 2.93. The molecule has 0 saturated heterocycles. The van der Waals surface area contributed by atoms with Crippen LogP contribution in [0.4, 0.5) is 11.4 Å². The standard InChI is InChI=1S/C15H13ClN2O4S/c1-9-2-3-10(8-11(9)18(21)22)17-15(20)7-4-12(19)13-5-6-14(16)23-13/h2-3,5-6,8H,4,7H2,1H3,(H,17,20). The Balaban J connectivity index is 1.93. The van der Waals surface area contributed by atoms with E-state index in [9.17, 15) is 19.7 Å². The Morgan fingerprint density at radius 1 is 1.26 bits per heavy atom. The number of hydrogen-bond acceptors (Lipinski definition) is 5. The van der Waals surface area contributed by atoms with E-state index in [4.69, 9.17) is 11.6 Å². The van der Waals surface area contributed by atoms with Gasteiger partial charge in [0.25, 0.3) is 5.69 Å². The zero-order valence-electron chi connectivity index (χ0n) is 12.2. The van der Waals surface area contributed by atoms with E-state index in [0.29, 0.717) is 20.5 Å². The summed E-state index contributed by atoms with van der Waals surface area (Å²) in [6.45, 7) is 1.62. The molecule has 0 spiro atoms. The number of rotatable bonds is 6. The SMILES string of the molecule is Cc1ccc(NC(=O)CCC(=O)c2ccc(Cl)s2)cc1[N+](=O)[O-]. The molecule has 0 unspecified atom stereocenters. The Morgan fingerprint density at radius 2 is 2.00 bits per heavy atom. The number of hydrogen-bond donors (Lipinski definition) is 1. The van der Waals surface area contributed by atoms with Crippen molar-refractivity contribution in [2.24, 2.45) is 0 Å². The van der Waals surface area contributed by atoms with E-state index in [1.54, 1.807) is 31.2 Å². The molecule has 2 rings (SSSR count). The average molecular weight is 353 g/mol. The van der Waals surface area contributed by atoms with Crippen LogP contribution in [0.5, 0.6) is 0 Å². The molecule has 0 fully saturated rings. The molecule has 0 aliphatic carbocycles. The topological polar surface area (TPSA) is 89.3 Å². The molecule has 23 heavy (non-hydrogen) atoms. The summed E-state index contributed by atoms with van der Waals surface area (Å²) in [5.41, 5.74) is 0.781. The van der Waals surface area contributed by atoms with Crippen molar-refractivity contribution in [2.75, 3.05) is 5.32 Å². The van der Waals surface area contributed by atoms with Gasteiger partial charge in [0.05, 0.1) is 14.1 Å². The van der Waals surface area contributed by atoms with Crippen LogP contribution in [0.15, 0.2) is 30.3 Å². The van der Waals surface area contributed by atoms with Gasteiger partial charge in [-0.1, -0.05) is 17.7 Å². The molecule has 0 bridgehead atoms. The zero-order chi connectivity index (χ0) is 17.0. The molecule has 6 nitrogen and oxygen atoms in total. The Morgan fingerprint density at radius 3 is 2.61 bits per heavy atom. The first-order valence-electron chi connectivity index (χ1n) is 6.70. The summed E-state index contributed by atoms with van der Waals surface area (Å²) in [5, 5.41) is 13.4. The van der Waals surface area contributed by atoms with Gasteiger partial charge >= 0.3 is 0 Å². The predicted molar refractivity (Wildman–Crippen MR) is 89.4 cm³/mol. The van der Waals surface area contributed by atoms with Crippen molar-refractivity contribution in [1.82, 2.24) is 0 Å². The summed E-state index contributed by atoms with van der Waals surface area (Å²) in [6.07, 6.45) is 0.0483. The van der Waals surface area contributed by atoms with E-state index in [-0.39, 0.29) is 30.2 Å². The molecule has 1 amide bonds. The largest absolute Gasteiger partial charge is 0.326 e. The number of thiophene rings is 1. The van der Waals surface area contributed by atoms with Crippen LogP contribution in [-0.4, -0.2) is 16.6 Å². The maximum absolute atomic E-state index is 11.9. The number of carbonyl (C=O) groups is 2. The van der Waals surface area contributed by atoms with Gasteiger partial charge < -0.3 is 5.32 Å². The molecule has 120 valence electrons. The van der Waals surface area contributed by atoms with Crippen LogP contribution in [0.3, 0.4) is 0 Å². The lowest BCUT2D eigenvalue weighted by Crippen LogP contribution is -2.13. The minimum atomic E-state index is -0.505. The van der Waals surface area contributed by atoms with Gasteiger partial charge in [0.15, 0.2) is 5.78 Å². The van der Waals surface area contributed by atoms with Gasteiger partial charge in [0.1, 0.15) is 0 Å². The molecule has 2 aromatic rings. The highest BCUT2D eigenvalue weighted by molar-refractivity contribution is 7.18. The van der Waals surface area contributed by atoms with Gasteiger partial charge in [-0.05, 0) is 25.1 Å². The number of anilines is 1. The molecule has 1 aromatic heterocycles. The molecule has 8 heteroatoms. The molecule has 0 atom stereocenters. The van der Waals surface area contributed by atoms with Crippen molar-refractivity contribution in [3.8, 4) is 0 Å². The highest BCUT2D eigenvalue weighted by Gasteiger charge is 2.14. The summed E-state index contributed by atoms with van der Waals surface area (Å²) in [7, 11) is 0. The van der Waals surface area contributed by atoms with Crippen molar-refractivity contribution in [2.45, 2.75) is 19.8 Å². The molecule has 1 aromatic carbocycles. The fraction of sp³-hybridized carbons (Fsp3) is 0.200. The number of Topliss-reactive ketones (excluding diaryl/α,β-unsaturated/α-hetero) is 1. The van der Waals surface area contributed by atoms with Crippen molar-refractivity contribution >= 4 is 46.0 Å². The van der Waals surface area contributed by atoms with E-state index in [0.717, 1.165) is 0 Å². The van der Waals surface area contributed by atoms with Gasteiger partial charge in [-0.25, -0.2) is 0 Å². The van der Waals surface area contributed by atoms with Gasteiger partial charge in [-0.15, -0.1) is 11.3 Å². The lowest BCUT2D eigenvalue weighted by atomic mass is 10.1. The number of aryl methyl sites for hydroxylation is 1. The summed E-state index contributed by atoms with van der Waals surface area (Å²) < 4.78 is 0.518. The third-order valence-electron chi connectivity index (χ3n) is 3.12. The van der Waals surface area contributed by atoms with Crippen molar-refractivity contribution in [3.05, 3.63) is 55.2 Å². The fourth-order valence-electron chi connectivity index (χ4n) is 1.92. The Bertz CT molecular complexity index is 773. The van der Waals surface area contributed by atoms with Crippen LogP contribution < -0.4 is 5.32 Å². The molecular weight excluding hydrogens is 340 g/mol. The zero-order valence-corrected chi connectivity index (χ0v) is 13.7. The average Bonchev–Trinajstić information content (AvgIpc) is 2.93. The second kappa shape index (κ2) is 7.34. The molecule has 0 radical (unpaired) electrons. The van der Waals surface area contributed by atoms with Gasteiger partial charge in [-0.3, -0.25) is 19.7 Å². The molecule has 0 aliphatic heterocycles. The minimum Gasteiger partial charge on any atom is -0.326 e. The van der Waals surface area contributed by atoms with E-state index in [2.05, 4.69) is 5.32 Å². The smallest absolute Gasteiger partial charge is 0.274 e. The molecule has 1 N–H and O–H groups in total. The van der Waals surface area contributed by atoms with E-state index < -0.39 is 4.92 Å². The first-order valence-corrected chi connectivity index (χ1v) is 7.89. The van der Waals surface area contributed by atoms with Crippen molar-refractivity contribution in [1.29, 1.82) is 0 Å². The maximum atomic E-state index is 11.9. The first kappa shape index (κ1) is 17.1. The molecule has 1 heterocycles. The number of carbonyl (C=O) groups excluding carboxylic acids is 2. The molecule has 0 saturated carbocycles. The summed E-state index contributed by atoms with van der Waals surface area (Å²) in [6, 6.07) is 7.70. The first-order chi connectivity index (χ1) is 10.9. The number of benzene rings is 1. The summed E-state index contributed by atoms with van der Waals surface area (Å²) in [4.78, 5) is 34.6. The number of amides is 1. The number of nitro groups is 1. The summed E-state index contributed by atoms with van der Waals surface area (Å²) in [5.74, 6) is -0.536. The van der Waals surface area contributed by atoms with Crippen LogP contribution in [0.1, 0.15) is 28.1 Å². The van der Waals surface area contributed by atoms with Crippen LogP contribution in [0, 0.1) is 17.0 Å². The van der Waals surface area contributed by atoms with Crippen LogP contribution in [-0.2, 0) is 4.79 Å². The molecule has 0 aliphatic rings. The monoisotopic (exact) mass is 352 g/mol. The Kier molecular flexibility index (Phi) is 5.46. The number of nitrogens with zero attached hydrogens (tertiary/aromatic N) is 1. The van der Waals surface area contributed by atoms with Crippen molar-refractivity contribution < 1.29 is 14.5 Å². The van der Waals surface area contributed by atoms with E-state index in [1.165, 1.54) is 17.4 Å². The Labute approximate surface area is 141 Å². The van der Waals surface area contributed by atoms with Crippen LogP contribution >= 0.6 is 22.9 Å². The number of halogens is 1. The third-order valence-corrected chi connectivity index (χ3v) is 4.39. The number of ketones is 1. The predicted octanol–water partition coefficient (Wildman–Crippen LogP) is 4.22. The second-order valence-electron chi connectivity index (χ2n) is 4.83. The second-order valence-corrected chi connectivity index (χ2v) is 6.55. The van der Waals surface area contributed by atoms with E-state index in [1.807, 2.05) is 0 Å². The number of nitro benzene ring substituents is 1. The third kappa shape index (κ3) is 4.61. The molecular formula is C15H13ClN2O4S. The lowest BCUT2D eigenvalue weighted by molar-refractivity contribution is -0.385. The van der Waals surface area contributed by atoms with Gasteiger partial charge in [-0.2, -0.15) is 0 Å². The number of nitrogens with one attached hydrogen (secondary N) is 1. The van der Waals surface area contributed by atoms with Crippen LogP contribution in [0.2, 0.25) is 4.34 Å². The minimum absolute atomic E-state index is 0.00394. The summed E-state index contributed by atoms with van der Waals surface area (Å²) >= 11 is 6.93. The highest BCUT2D eigenvalue weighted by Crippen LogP contribution is 2.24. The van der Waals surface area contributed by atoms with Crippen molar-refractivity contribution in [3.63, 3.8) is 0 Å². The normalized spacial score (nSPS) is 10.3. The highest BCUT2D eigenvalue weighted by atomic mass is 35.5.